The SMILES string of the molecule is CCn1ccnc1SCc1ccc(-c2ccccc2C#N)cc1. The maximum Gasteiger partial charge on any atom is 0.168 e. The first-order valence-electron chi connectivity index (χ1n) is 7.54. The van der Waals surface area contributed by atoms with Gasteiger partial charge in [-0.05, 0) is 29.7 Å². The van der Waals surface area contributed by atoms with E-state index in [0.29, 0.717) is 5.56 Å². The number of nitrogens with zero attached hydrogens (tertiary/aromatic N) is 3. The molecule has 0 fully saturated rings. The second-order valence-electron chi connectivity index (χ2n) is 5.14. The monoisotopic (exact) mass is 319 g/mol. The molecule has 1 heterocycles. The Morgan fingerprint density at radius 2 is 1.91 bits per heavy atom. The number of nitriles is 1. The molecule has 0 aliphatic heterocycles. The lowest BCUT2D eigenvalue weighted by atomic mass is 10.00. The van der Waals surface area contributed by atoms with Gasteiger partial charge in [-0.3, -0.25) is 0 Å². The number of benzene rings is 2. The summed E-state index contributed by atoms with van der Waals surface area (Å²) in [5, 5.41) is 10.3. The average Bonchev–Trinajstić information content (AvgIpc) is 3.08. The molecule has 0 N–H and O–H groups in total. The van der Waals surface area contributed by atoms with Crippen molar-refractivity contribution < 1.29 is 0 Å². The van der Waals surface area contributed by atoms with Crippen molar-refractivity contribution in [3.05, 3.63) is 72.1 Å². The fraction of sp³-hybridized carbons (Fsp3) is 0.158. The largest absolute Gasteiger partial charge is 0.326 e. The van der Waals surface area contributed by atoms with E-state index in [2.05, 4.69) is 46.8 Å². The van der Waals surface area contributed by atoms with Crippen LogP contribution in [0.15, 0.2) is 66.1 Å². The minimum absolute atomic E-state index is 0.708. The van der Waals surface area contributed by atoms with E-state index in [-0.39, 0.29) is 0 Å². The van der Waals surface area contributed by atoms with Gasteiger partial charge in [-0.1, -0.05) is 54.2 Å². The number of rotatable bonds is 5. The van der Waals surface area contributed by atoms with Gasteiger partial charge in [-0.25, -0.2) is 4.98 Å². The second-order valence-corrected chi connectivity index (χ2v) is 6.08. The van der Waals surface area contributed by atoms with E-state index in [9.17, 15) is 5.26 Å². The minimum Gasteiger partial charge on any atom is -0.326 e. The molecule has 0 atom stereocenters. The molecule has 0 saturated carbocycles. The van der Waals surface area contributed by atoms with Crippen LogP contribution in [-0.4, -0.2) is 9.55 Å². The molecule has 3 aromatic rings. The van der Waals surface area contributed by atoms with Gasteiger partial charge in [-0.15, -0.1) is 0 Å². The lowest BCUT2D eigenvalue weighted by Crippen LogP contribution is -1.94. The predicted molar refractivity (Wildman–Crippen MR) is 94.1 cm³/mol. The molecule has 0 spiro atoms. The maximum atomic E-state index is 9.21. The van der Waals surface area contributed by atoms with Gasteiger partial charge < -0.3 is 4.57 Å². The highest BCUT2D eigenvalue weighted by molar-refractivity contribution is 7.98. The Morgan fingerprint density at radius 1 is 1.13 bits per heavy atom. The Morgan fingerprint density at radius 3 is 2.65 bits per heavy atom. The third-order valence-corrected chi connectivity index (χ3v) is 4.77. The number of hydrogen-bond acceptors (Lipinski definition) is 3. The number of aryl methyl sites for hydroxylation is 1. The summed E-state index contributed by atoms with van der Waals surface area (Å²) >= 11 is 1.74. The molecule has 0 saturated heterocycles. The van der Waals surface area contributed by atoms with Gasteiger partial charge in [0.25, 0.3) is 0 Å². The third-order valence-electron chi connectivity index (χ3n) is 3.70. The topological polar surface area (TPSA) is 41.6 Å². The molecule has 23 heavy (non-hydrogen) atoms. The van der Waals surface area contributed by atoms with E-state index in [1.54, 1.807) is 11.8 Å². The Labute approximate surface area is 140 Å². The van der Waals surface area contributed by atoms with Crippen LogP contribution >= 0.6 is 11.8 Å². The summed E-state index contributed by atoms with van der Waals surface area (Å²) < 4.78 is 2.14. The van der Waals surface area contributed by atoms with Crippen LogP contribution in [-0.2, 0) is 12.3 Å². The smallest absolute Gasteiger partial charge is 0.168 e. The van der Waals surface area contributed by atoms with Crippen LogP contribution in [0.25, 0.3) is 11.1 Å². The Bertz CT molecular complexity index is 828. The van der Waals surface area contributed by atoms with E-state index in [4.69, 9.17) is 0 Å². The number of imidazole rings is 1. The van der Waals surface area contributed by atoms with Crippen molar-refractivity contribution in [2.45, 2.75) is 24.4 Å². The van der Waals surface area contributed by atoms with Crippen LogP contribution in [0.2, 0.25) is 0 Å². The summed E-state index contributed by atoms with van der Waals surface area (Å²) in [5.74, 6) is 0.886. The molecule has 3 nitrogen and oxygen atoms in total. The summed E-state index contributed by atoms with van der Waals surface area (Å²) in [6, 6.07) is 18.3. The normalized spacial score (nSPS) is 10.4. The Balaban J connectivity index is 1.74. The van der Waals surface area contributed by atoms with Crippen LogP contribution in [0.3, 0.4) is 0 Å². The van der Waals surface area contributed by atoms with Crippen molar-refractivity contribution in [2.75, 3.05) is 0 Å². The van der Waals surface area contributed by atoms with Crippen molar-refractivity contribution >= 4 is 11.8 Å². The predicted octanol–water partition coefficient (Wildman–Crippen LogP) is 4.73. The zero-order valence-corrected chi connectivity index (χ0v) is 13.8. The molecule has 4 heteroatoms. The molecule has 0 amide bonds. The zero-order valence-electron chi connectivity index (χ0n) is 12.9. The van der Waals surface area contributed by atoms with Gasteiger partial charge in [0.15, 0.2) is 5.16 Å². The van der Waals surface area contributed by atoms with Crippen molar-refractivity contribution in [1.29, 1.82) is 5.26 Å². The highest BCUT2D eigenvalue weighted by Crippen LogP contribution is 2.26. The lowest BCUT2D eigenvalue weighted by Gasteiger charge is -2.07. The Kier molecular flexibility index (Phi) is 4.80. The molecule has 0 radical (unpaired) electrons. The van der Waals surface area contributed by atoms with E-state index in [1.165, 1.54) is 5.56 Å². The quantitative estimate of drug-likeness (QED) is 0.638. The highest BCUT2D eigenvalue weighted by atomic mass is 32.2. The molecule has 1 aromatic heterocycles. The third kappa shape index (κ3) is 3.46. The molecule has 114 valence electrons. The van der Waals surface area contributed by atoms with Crippen molar-refractivity contribution in [3.8, 4) is 17.2 Å². The fourth-order valence-electron chi connectivity index (χ4n) is 2.44. The molecular formula is C19H17N3S. The summed E-state index contributed by atoms with van der Waals surface area (Å²) in [6.07, 6.45) is 3.85. The van der Waals surface area contributed by atoms with Crippen molar-refractivity contribution in [2.24, 2.45) is 0 Å². The summed E-state index contributed by atoms with van der Waals surface area (Å²) in [4.78, 5) is 4.38. The van der Waals surface area contributed by atoms with Gasteiger partial charge in [0.1, 0.15) is 0 Å². The fourth-order valence-corrected chi connectivity index (χ4v) is 3.42. The van der Waals surface area contributed by atoms with Crippen molar-refractivity contribution in [3.63, 3.8) is 0 Å². The molecule has 0 aliphatic rings. The molecule has 0 aliphatic carbocycles. The molecule has 2 aromatic carbocycles. The zero-order chi connectivity index (χ0) is 16.1. The van der Waals surface area contributed by atoms with Gasteiger partial charge in [0.05, 0.1) is 11.6 Å². The molecule has 0 unspecified atom stereocenters. The maximum absolute atomic E-state index is 9.21. The lowest BCUT2D eigenvalue weighted by molar-refractivity contribution is 0.681. The van der Waals surface area contributed by atoms with Gasteiger partial charge in [0.2, 0.25) is 0 Å². The van der Waals surface area contributed by atoms with E-state index >= 15 is 0 Å². The first-order chi connectivity index (χ1) is 11.3. The average molecular weight is 319 g/mol. The van der Waals surface area contributed by atoms with Crippen LogP contribution in [0.4, 0.5) is 0 Å². The molecule has 0 bridgehead atoms. The minimum atomic E-state index is 0.708. The van der Waals surface area contributed by atoms with Gasteiger partial charge >= 0.3 is 0 Å². The van der Waals surface area contributed by atoms with E-state index < -0.39 is 0 Å². The van der Waals surface area contributed by atoms with Crippen LogP contribution < -0.4 is 0 Å². The first kappa shape index (κ1) is 15.4. The first-order valence-corrected chi connectivity index (χ1v) is 8.52. The Hall–Kier alpha value is -2.51. The van der Waals surface area contributed by atoms with Crippen molar-refractivity contribution in [1.82, 2.24) is 9.55 Å². The number of aromatic nitrogens is 2. The van der Waals surface area contributed by atoms with Crippen LogP contribution in [0.5, 0.6) is 0 Å². The molecule has 3 rings (SSSR count). The van der Waals surface area contributed by atoms with E-state index in [1.807, 2.05) is 36.7 Å². The summed E-state index contributed by atoms with van der Waals surface area (Å²) in [5.41, 5.74) is 4.01. The second kappa shape index (κ2) is 7.17. The number of thioether (sulfide) groups is 1. The summed E-state index contributed by atoms with van der Waals surface area (Å²) in [7, 11) is 0. The summed E-state index contributed by atoms with van der Waals surface area (Å²) in [6.45, 7) is 3.05. The van der Waals surface area contributed by atoms with Crippen LogP contribution in [0, 0.1) is 11.3 Å². The number of hydrogen-bond donors (Lipinski definition) is 0. The molecular weight excluding hydrogens is 302 g/mol. The highest BCUT2D eigenvalue weighted by Gasteiger charge is 2.05. The standard InChI is InChI=1S/C19H17N3S/c1-2-22-12-11-21-19(22)23-14-15-7-9-16(10-8-15)18-6-4-3-5-17(18)13-20/h3-12H,2,14H2,1H3. The van der Waals surface area contributed by atoms with E-state index in [0.717, 1.165) is 28.6 Å². The van der Waals surface area contributed by atoms with Gasteiger partial charge in [0, 0.05) is 24.7 Å². The van der Waals surface area contributed by atoms with Gasteiger partial charge in [-0.2, -0.15) is 5.26 Å². The van der Waals surface area contributed by atoms with Crippen LogP contribution in [0.1, 0.15) is 18.1 Å².